The van der Waals surface area contributed by atoms with Crippen LogP contribution in [0.5, 0.6) is 0 Å². The maximum atomic E-state index is 6.30. The van der Waals surface area contributed by atoms with E-state index in [-0.39, 0.29) is 0 Å². The van der Waals surface area contributed by atoms with Crippen molar-refractivity contribution in [2.24, 2.45) is 0 Å². The van der Waals surface area contributed by atoms with Gasteiger partial charge in [0, 0.05) is 50.0 Å². The van der Waals surface area contributed by atoms with Gasteiger partial charge >= 0.3 is 0 Å². The Morgan fingerprint density at radius 1 is 1.21 bits per heavy atom. The summed E-state index contributed by atoms with van der Waals surface area (Å²) in [6.07, 6.45) is 5.40. The van der Waals surface area contributed by atoms with E-state index < -0.39 is 0 Å². The summed E-state index contributed by atoms with van der Waals surface area (Å²) in [5, 5.41) is 4.19. The summed E-state index contributed by atoms with van der Waals surface area (Å²) in [5.41, 5.74) is 0. The maximum absolute atomic E-state index is 6.30. The molecule has 1 aliphatic heterocycles. The van der Waals surface area contributed by atoms with Gasteiger partial charge in [-0.05, 0) is 34.8 Å². The highest BCUT2D eigenvalue weighted by Gasteiger charge is 2.22. The van der Waals surface area contributed by atoms with Gasteiger partial charge in [-0.3, -0.25) is 0 Å². The zero-order valence-corrected chi connectivity index (χ0v) is 16.0. The lowest BCUT2D eigenvalue weighted by Gasteiger charge is -2.33. The molecular weight excluding hydrogens is 392 g/mol. The van der Waals surface area contributed by atoms with Crippen LogP contribution in [-0.4, -0.2) is 48.2 Å². The third-order valence-corrected chi connectivity index (χ3v) is 4.76. The van der Waals surface area contributed by atoms with Crippen molar-refractivity contribution < 1.29 is 0 Å². The molecule has 0 amide bonds. The number of nitrogens with zero attached hydrogens (tertiary/aromatic N) is 5. The maximum Gasteiger partial charge on any atom is 0.147 e. The molecular formula is C16H20BrClN6. The number of nitrogens with one attached hydrogen (secondary N) is 1. The fraction of sp³-hybridized carbons (Fsp3) is 0.438. The van der Waals surface area contributed by atoms with Gasteiger partial charge in [-0.15, -0.1) is 0 Å². The van der Waals surface area contributed by atoms with E-state index in [2.05, 4.69) is 41.1 Å². The van der Waals surface area contributed by atoms with Crippen LogP contribution in [0.4, 0.5) is 17.5 Å². The molecule has 6 nitrogen and oxygen atoms in total. The summed E-state index contributed by atoms with van der Waals surface area (Å²) in [7, 11) is 3.94. The molecule has 1 saturated heterocycles. The average molecular weight is 412 g/mol. The van der Waals surface area contributed by atoms with Crippen molar-refractivity contribution in [3.05, 3.63) is 34.2 Å². The van der Waals surface area contributed by atoms with Gasteiger partial charge in [-0.1, -0.05) is 11.6 Å². The van der Waals surface area contributed by atoms with Crippen molar-refractivity contribution in [2.45, 2.75) is 18.9 Å². The predicted octanol–water partition coefficient (Wildman–Crippen LogP) is 3.43. The molecule has 0 atom stereocenters. The summed E-state index contributed by atoms with van der Waals surface area (Å²) < 4.78 is 0.897. The van der Waals surface area contributed by atoms with Crippen LogP contribution in [0.15, 0.2) is 29.1 Å². The van der Waals surface area contributed by atoms with Gasteiger partial charge < -0.3 is 15.1 Å². The van der Waals surface area contributed by atoms with Gasteiger partial charge in [0.2, 0.25) is 0 Å². The van der Waals surface area contributed by atoms with Crippen molar-refractivity contribution >= 4 is 45.0 Å². The molecule has 0 aromatic carbocycles. The molecule has 3 heterocycles. The molecule has 128 valence electrons. The van der Waals surface area contributed by atoms with Gasteiger partial charge in [-0.2, -0.15) is 0 Å². The molecule has 24 heavy (non-hydrogen) atoms. The lowest BCUT2D eigenvalue weighted by atomic mass is 10.1. The first-order valence-corrected chi connectivity index (χ1v) is 9.02. The van der Waals surface area contributed by atoms with Gasteiger partial charge in [0.05, 0.1) is 5.02 Å². The number of halogens is 2. The largest absolute Gasteiger partial charge is 0.367 e. The molecule has 0 radical (unpaired) electrons. The Labute approximate surface area is 155 Å². The fourth-order valence-corrected chi connectivity index (χ4v) is 3.50. The van der Waals surface area contributed by atoms with E-state index in [1.807, 2.05) is 31.1 Å². The third kappa shape index (κ3) is 4.08. The Morgan fingerprint density at radius 2 is 1.96 bits per heavy atom. The van der Waals surface area contributed by atoms with E-state index in [1.54, 1.807) is 12.5 Å². The number of aromatic nitrogens is 3. The van der Waals surface area contributed by atoms with Crippen LogP contribution < -0.4 is 15.1 Å². The van der Waals surface area contributed by atoms with Crippen molar-refractivity contribution in [1.29, 1.82) is 0 Å². The van der Waals surface area contributed by atoms with Gasteiger partial charge in [-0.25, -0.2) is 15.0 Å². The third-order valence-electron chi connectivity index (χ3n) is 4.05. The van der Waals surface area contributed by atoms with E-state index in [9.17, 15) is 0 Å². The summed E-state index contributed by atoms with van der Waals surface area (Å²) in [4.78, 5) is 17.2. The Morgan fingerprint density at radius 3 is 2.62 bits per heavy atom. The van der Waals surface area contributed by atoms with Crippen LogP contribution in [0.3, 0.4) is 0 Å². The average Bonchev–Trinajstić information content (AvgIpc) is 2.56. The molecule has 0 unspecified atom stereocenters. The predicted molar refractivity (Wildman–Crippen MR) is 102 cm³/mol. The SMILES string of the molecule is CN(C)c1cc(NC2CCN(c3ncc(Br)cc3Cl)CC2)ncn1. The van der Waals surface area contributed by atoms with E-state index in [0.29, 0.717) is 11.1 Å². The number of rotatable bonds is 4. The Hall–Kier alpha value is -1.60. The first kappa shape index (κ1) is 17.2. The normalized spacial score (nSPS) is 15.4. The number of anilines is 3. The van der Waals surface area contributed by atoms with Crippen molar-refractivity contribution in [3.63, 3.8) is 0 Å². The van der Waals surface area contributed by atoms with E-state index >= 15 is 0 Å². The van der Waals surface area contributed by atoms with E-state index in [0.717, 1.165) is 47.9 Å². The second-order valence-electron chi connectivity index (χ2n) is 6.02. The van der Waals surface area contributed by atoms with Crippen molar-refractivity contribution in [3.8, 4) is 0 Å². The molecule has 0 aliphatic carbocycles. The van der Waals surface area contributed by atoms with Crippen LogP contribution >= 0.6 is 27.5 Å². The fourth-order valence-electron chi connectivity index (χ4n) is 2.76. The molecule has 1 fully saturated rings. The zero-order chi connectivity index (χ0) is 17.1. The molecule has 2 aromatic heterocycles. The highest BCUT2D eigenvalue weighted by Crippen LogP contribution is 2.29. The first-order chi connectivity index (χ1) is 11.5. The van der Waals surface area contributed by atoms with Gasteiger partial charge in [0.1, 0.15) is 23.8 Å². The first-order valence-electron chi connectivity index (χ1n) is 7.85. The summed E-state index contributed by atoms with van der Waals surface area (Å²) in [5.74, 6) is 2.62. The molecule has 0 bridgehead atoms. The number of hydrogen-bond donors (Lipinski definition) is 1. The summed E-state index contributed by atoms with van der Waals surface area (Å²) in [6.45, 7) is 1.83. The number of hydrogen-bond acceptors (Lipinski definition) is 6. The second kappa shape index (κ2) is 7.53. The summed E-state index contributed by atoms with van der Waals surface area (Å²) in [6, 6.07) is 4.25. The zero-order valence-electron chi connectivity index (χ0n) is 13.7. The van der Waals surface area contributed by atoms with Crippen molar-refractivity contribution in [1.82, 2.24) is 15.0 Å². The molecule has 8 heteroatoms. The van der Waals surface area contributed by atoms with Crippen LogP contribution in [-0.2, 0) is 0 Å². The molecule has 3 rings (SSSR count). The second-order valence-corrected chi connectivity index (χ2v) is 7.34. The van der Waals surface area contributed by atoms with Crippen LogP contribution in [0.2, 0.25) is 5.02 Å². The monoisotopic (exact) mass is 410 g/mol. The highest BCUT2D eigenvalue weighted by molar-refractivity contribution is 9.10. The molecule has 0 saturated carbocycles. The van der Waals surface area contributed by atoms with Gasteiger partial charge in [0.15, 0.2) is 0 Å². The van der Waals surface area contributed by atoms with Gasteiger partial charge in [0.25, 0.3) is 0 Å². The topological polar surface area (TPSA) is 57.2 Å². The minimum absolute atomic E-state index is 0.389. The number of piperidine rings is 1. The Bertz CT molecular complexity index is 703. The lowest BCUT2D eigenvalue weighted by Crippen LogP contribution is -2.39. The van der Waals surface area contributed by atoms with Crippen molar-refractivity contribution in [2.75, 3.05) is 42.3 Å². The molecule has 0 spiro atoms. The summed E-state index contributed by atoms with van der Waals surface area (Å²) >= 11 is 9.70. The molecule has 2 aromatic rings. The number of pyridine rings is 1. The smallest absolute Gasteiger partial charge is 0.147 e. The van der Waals surface area contributed by atoms with E-state index in [1.165, 1.54) is 0 Å². The lowest BCUT2D eigenvalue weighted by molar-refractivity contribution is 0.522. The van der Waals surface area contributed by atoms with E-state index in [4.69, 9.17) is 11.6 Å². The van der Waals surface area contributed by atoms with Crippen LogP contribution in [0, 0.1) is 0 Å². The van der Waals surface area contributed by atoms with Crippen LogP contribution in [0.25, 0.3) is 0 Å². The minimum atomic E-state index is 0.389. The Balaban J connectivity index is 1.60. The molecule has 1 N–H and O–H groups in total. The van der Waals surface area contributed by atoms with Crippen LogP contribution in [0.1, 0.15) is 12.8 Å². The standard InChI is InChI=1S/C16H20BrClN6/c1-23(2)15-8-14(20-10-21-15)22-12-3-5-24(6-4-12)16-13(18)7-11(17)9-19-16/h7-10,12H,3-6H2,1-2H3,(H,20,21,22). The Kier molecular flexibility index (Phi) is 5.40. The quantitative estimate of drug-likeness (QED) is 0.832. The molecule has 1 aliphatic rings. The minimum Gasteiger partial charge on any atom is -0.367 e. The highest BCUT2D eigenvalue weighted by atomic mass is 79.9.